The third kappa shape index (κ3) is 4.63. The molecule has 0 fully saturated rings. The van der Waals surface area contributed by atoms with E-state index in [1.165, 1.54) is 31.4 Å². The molecule has 30 heavy (non-hydrogen) atoms. The third-order valence-corrected chi connectivity index (χ3v) is 6.42. The minimum Gasteiger partial charge on any atom is -0.497 e. The number of aryl methyl sites for hydroxylation is 2. The van der Waals surface area contributed by atoms with E-state index in [1.54, 1.807) is 36.4 Å². The van der Waals surface area contributed by atoms with Crippen LogP contribution < -0.4 is 13.8 Å². The van der Waals surface area contributed by atoms with Crippen molar-refractivity contribution in [3.05, 3.63) is 83.9 Å². The van der Waals surface area contributed by atoms with Crippen LogP contribution in [-0.4, -0.2) is 28.0 Å². The van der Waals surface area contributed by atoms with Gasteiger partial charge in [0, 0.05) is 0 Å². The summed E-state index contributed by atoms with van der Waals surface area (Å²) in [6.45, 7) is 3.48. The van der Waals surface area contributed by atoms with E-state index >= 15 is 0 Å². The summed E-state index contributed by atoms with van der Waals surface area (Å²) < 4.78 is 38.0. The number of ether oxygens (including phenoxy) is 2. The predicted molar refractivity (Wildman–Crippen MR) is 116 cm³/mol. The van der Waals surface area contributed by atoms with Crippen LogP contribution in [0.15, 0.2) is 77.7 Å². The minimum atomic E-state index is -4.13. The van der Waals surface area contributed by atoms with Gasteiger partial charge in [0.25, 0.3) is 15.9 Å². The highest BCUT2D eigenvalue weighted by molar-refractivity contribution is 7.93. The fourth-order valence-corrected chi connectivity index (χ4v) is 4.27. The van der Waals surface area contributed by atoms with Crippen molar-refractivity contribution in [3.63, 3.8) is 0 Å². The molecule has 3 rings (SSSR count). The van der Waals surface area contributed by atoms with Gasteiger partial charge in [-0.15, -0.1) is 0 Å². The van der Waals surface area contributed by atoms with Crippen LogP contribution in [0.4, 0.5) is 5.69 Å². The van der Waals surface area contributed by atoms with Gasteiger partial charge >= 0.3 is 0 Å². The van der Waals surface area contributed by atoms with Crippen molar-refractivity contribution in [2.24, 2.45) is 0 Å². The molecule has 3 aromatic rings. The SMILES string of the molecule is COc1ccc(N(C(=O)COc2ccc(C)c(C)c2)S(=O)(=O)c2ccccc2)cc1. The number of sulfonamides is 1. The monoisotopic (exact) mass is 425 g/mol. The number of benzene rings is 3. The summed E-state index contributed by atoms with van der Waals surface area (Å²) in [5, 5.41) is 0. The first-order valence-electron chi connectivity index (χ1n) is 9.30. The lowest BCUT2D eigenvalue weighted by Gasteiger charge is -2.23. The quantitative estimate of drug-likeness (QED) is 0.570. The van der Waals surface area contributed by atoms with Crippen LogP contribution >= 0.6 is 0 Å². The van der Waals surface area contributed by atoms with Crippen molar-refractivity contribution >= 4 is 21.6 Å². The van der Waals surface area contributed by atoms with Gasteiger partial charge in [-0.05, 0) is 73.5 Å². The third-order valence-electron chi connectivity index (χ3n) is 4.66. The lowest BCUT2D eigenvalue weighted by atomic mass is 10.1. The Bertz CT molecular complexity index is 1130. The van der Waals surface area contributed by atoms with Gasteiger partial charge in [0.05, 0.1) is 17.7 Å². The van der Waals surface area contributed by atoms with Crippen molar-refractivity contribution in [1.82, 2.24) is 0 Å². The second-order valence-corrected chi connectivity index (χ2v) is 8.50. The van der Waals surface area contributed by atoms with Crippen molar-refractivity contribution < 1.29 is 22.7 Å². The van der Waals surface area contributed by atoms with Crippen LogP contribution in [-0.2, 0) is 14.8 Å². The number of rotatable bonds is 7. The summed E-state index contributed by atoms with van der Waals surface area (Å²) in [6.07, 6.45) is 0. The fraction of sp³-hybridized carbons (Fsp3) is 0.174. The molecule has 0 aliphatic carbocycles. The molecule has 0 radical (unpaired) electrons. The molecular weight excluding hydrogens is 402 g/mol. The van der Waals surface area contributed by atoms with Crippen molar-refractivity contribution in [1.29, 1.82) is 0 Å². The Balaban J connectivity index is 1.93. The minimum absolute atomic E-state index is 0.0142. The number of anilines is 1. The molecule has 0 N–H and O–H groups in total. The molecule has 7 heteroatoms. The van der Waals surface area contributed by atoms with Crippen LogP contribution in [0.2, 0.25) is 0 Å². The van der Waals surface area contributed by atoms with E-state index in [4.69, 9.17) is 9.47 Å². The molecule has 0 aromatic heterocycles. The molecule has 6 nitrogen and oxygen atoms in total. The molecule has 0 atom stereocenters. The van der Waals surface area contributed by atoms with Crippen LogP contribution in [0, 0.1) is 13.8 Å². The molecule has 0 saturated heterocycles. The van der Waals surface area contributed by atoms with Gasteiger partial charge in [0.1, 0.15) is 11.5 Å². The molecule has 0 aliphatic heterocycles. The lowest BCUT2D eigenvalue weighted by molar-refractivity contribution is -0.119. The average molecular weight is 426 g/mol. The van der Waals surface area contributed by atoms with Crippen LogP contribution in [0.25, 0.3) is 0 Å². The van der Waals surface area contributed by atoms with E-state index in [9.17, 15) is 13.2 Å². The number of hydrogen-bond acceptors (Lipinski definition) is 5. The lowest BCUT2D eigenvalue weighted by Crippen LogP contribution is -2.40. The van der Waals surface area contributed by atoms with Gasteiger partial charge in [-0.3, -0.25) is 4.79 Å². The molecule has 1 amide bonds. The normalized spacial score (nSPS) is 11.0. The van der Waals surface area contributed by atoms with Crippen molar-refractivity contribution in [2.45, 2.75) is 18.7 Å². The number of nitrogens with zero attached hydrogens (tertiary/aromatic N) is 1. The Morgan fingerprint density at radius 3 is 2.10 bits per heavy atom. The smallest absolute Gasteiger partial charge is 0.278 e. The zero-order chi connectivity index (χ0) is 21.7. The summed E-state index contributed by atoms with van der Waals surface area (Å²) in [6, 6.07) is 19.5. The maximum atomic E-state index is 13.3. The van der Waals surface area contributed by atoms with Gasteiger partial charge in [0.2, 0.25) is 0 Å². The standard InChI is InChI=1S/C23H23NO5S/c1-17-9-12-21(15-18(17)2)29-16-23(25)24(19-10-13-20(28-3)14-11-19)30(26,27)22-7-5-4-6-8-22/h4-15H,16H2,1-3H3. The Morgan fingerprint density at radius 2 is 1.50 bits per heavy atom. The van der Waals surface area contributed by atoms with Crippen molar-refractivity contribution in [2.75, 3.05) is 18.0 Å². The zero-order valence-corrected chi connectivity index (χ0v) is 17.8. The van der Waals surface area contributed by atoms with E-state index in [2.05, 4.69) is 0 Å². The highest BCUT2D eigenvalue weighted by atomic mass is 32.2. The molecule has 0 heterocycles. The Kier molecular flexibility index (Phi) is 6.42. The summed E-state index contributed by atoms with van der Waals surface area (Å²) in [5.74, 6) is 0.343. The van der Waals surface area contributed by atoms with E-state index in [1.807, 2.05) is 26.0 Å². The first-order chi connectivity index (χ1) is 14.3. The Hall–Kier alpha value is -3.32. The number of hydrogen-bond donors (Lipinski definition) is 0. The summed E-state index contributed by atoms with van der Waals surface area (Å²) in [7, 11) is -2.62. The molecule has 3 aromatic carbocycles. The molecule has 156 valence electrons. The number of carbonyl (C=O) groups is 1. The number of methoxy groups -OCH3 is 1. The predicted octanol–water partition coefficient (Wildman–Crippen LogP) is 4.11. The topological polar surface area (TPSA) is 72.9 Å². The van der Waals surface area contributed by atoms with Gasteiger partial charge in [-0.1, -0.05) is 24.3 Å². The van der Waals surface area contributed by atoms with Crippen LogP contribution in [0.3, 0.4) is 0 Å². The Morgan fingerprint density at radius 1 is 0.867 bits per heavy atom. The van der Waals surface area contributed by atoms with Gasteiger partial charge in [0.15, 0.2) is 6.61 Å². The van der Waals surface area contributed by atoms with Crippen LogP contribution in [0.5, 0.6) is 11.5 Å². The summed E-state index contributed by atoms with van der Waals surface area (Å²) >= 11 is 0. The second kappa shape index (κ2) is 9.00. The Labute approximate surface area is 176 Å². The highest BCUT2D eigenvalue weighted by Crippen LogP contribution is 2.26. The molecule has 0 spiro atoms. The summed E-state index contributed by atoms with van der Waals surface area (Å²) in [4.78, 5) is 13.0. The molecule has 0 bridgehead atoms. The second-order valence-electron chi connectivity index (χ2n) is 6.71. The molecule has 0 unspecified atom stereocenters. The first kappa shape index (κ1) is 21.4. The number of carbonyl (C=O) groups excluding carboxylic acids is 1. The van der Waals surface area contributed by atoms with Gasteiger partial charge in [-0.25, -0.2) is 8.42 Å². The highest BCUT2D eigenvalue weighted by Gasteiger charge is 2.31. The van der Waals surface area contributed by atoms with Gasteiger partial charge in [-0.2, -0.15) is 4.31 Å². The van der Waals surface area contributed by atoms with Crippen LogP contribution in [0.1, 0.15) is 11.1 Å². The first-order valence-corrected chi connectivity index (χ1v) is 10.7. The largest absolute Gasteiger partial charge is 0.497 e. The average Bonchev–Trinajstić information content (AvgIpc) is 2.75. The van der Waals surface area contributed by atoms with E-state index < -0.39 is 22.5 Å². The molecule has 0 saturated carbocycles. The molecular formula is C23H23NO5S. The number of amides is 1. The fourth-order valence-electron chi connectivity index (χ4n) is 2.84. The van der Waals surface area contributed by atoms with E-state index in [0.717, 1.165) is 15.4 Å². The van der Waals surface area contributed by atoms with E-state index in [-0.39, 0.29) is 10.6 Å². The van der Waals surface area contributed by atoms with Gasteiger partial charge < -0.3 is 9.47 Å². The van der Waals surface area contributed by atoms with Crippen molar-refractivity contribution in [3.8, 4) is 11.5 Å². The maximum absolute atomic E-state index is 13.3. The maximum Gasteiger partial charge on any atom is 0.278 e. The zero-order valence-electron chi connectivity index (χ0n) is 17.0. The summed E-state index contributed by atoms with van der Waals surface area (Å²) in [5.41, 5.74) is 2.32. The van der Waals surface area contributed by atoms with E-state index in [0.29, 0.717) is 11.5 Å². The molecule has 0 aliphatic rings.